The molecular weight excluding hydrogens is 214 g/mol. The van der Waals surface area contributed by atoms with E-state index in [4.69, 9.17) is 0 Å². The number of rotatable bonds is 1. The van der Waals surface area contributed by atoms with Crippen LogP contribution in [0.1, 0.15) is 30.0 Å². The highest BCUT2D eigenvalue weighted by Crippen LogP contribution is 2.31. The lowest BCUT2D eigenvalue weighted by atomic mass is 9.95. The highest BCUT2D eigenvalue weighted by atomic mass is 16.3. The van der Waals surface area contributed by atoms with Gasteiger partial charge in [0.05, 0.1) is 0 Å². The van der Waals surface area contributed by atoms with Gasteiger partial charge < -0.3 is 10.0 Å². The molecule has 1 atom stereocenters. The van der Waals surface area contributed by atoms with Crippen LogP contribution in [0.15, 0.2) is 12.1 Å². The number of aryl methyl sites for hydroxylation is 2. The van der Waals surface area contributed by atoms with Gasteiger partial charge in [0.2, 0.25) is 0 Å². The number of hydrogen-bond donors (Lipinski definition) is 1. The molecular formula is C14H19NO2. The van der Waals surface area contributed by atoms with E-state index >= 15 is 0 Å². The fourth-order valence-electron chi connectivity index (χ4n) is 2.53. The molecule has 1 heterocycles. The fraction of sp³-hybridized carbons (Fsp3) is 0.500. The van der Waals surface area contributed by atoms with E-state index < -0.39 is 6.10 Å². The van der Waals surface area contributed by atoms with Gasteiger partial charge in [-0.2, -0.15) is 0 Å². The molecule has 1 unspecified atom stereocenters. The lowest BCUT2D eigenvalue weighted by molar-refractivity contribution is -0.125. The largest absolute Gasteiger partial charge is 0.384 e. The van der Waals surface area contributed by atoms with E-state index in [2.05, 4.69) is 13.0 Å². The summed E-state index contributed by atoms with van der Waals surface area (Å²) in [4.78, 5) is 13.7. The highest BCUT2D eigenvalue weighted by molar-refractivity contribution is 5.97. The molecule has 1 aliphatic rings. The molecule has 1 aromatic rings. The zero-order chi connectivity index (χ0) is 12.6. The second-order valence-electron chi connectivity index (χ2n) is 4.85. The van der Waals surface area contributed by atoms with E-state index in [0.717, 1.165) is 24.1 Å². The van der Waals surface area contributed by atoms with Crippen LogP contribution in [0.2, 0.25) is 0 Å². The molecule has 17 heavy (non-hydrogen) atoms. The van der Waals surface area contributed by atoms with Crippen molar-refractivity contribution in [1.29, 1.82) is 0 Å². The molecule has 0 aromatic heterocycles. The summed E-state index contributed by atoms with van der Waals surface area (Å²) in [5.74, 6) is -0.198. The van der Waals surface area contributed by atoms with Crippen LogP contribution in [0.5, 0.6) is 0 Å². The Morgan fingerprint density at radius 2 is 2.12 bits per heavy atom. The van der Waals surface area contributed by atoms with Crippen molar-refractivity contribution in [3.63, 3.8) is 0 Å². The van der Waals surface area contributed by atoms with Crippen molar-refractivity contribution in [2.45, 2.75) is 39.7 Å². The number of anilines is 1. The minimum atomic E-state index is -0.929. The third-order valence-corrected chi connectivity index (χ3v) is 3.32. The average molecular weight is 233 g/mol. The Morgan fingerprint density at radius 3 is 2.76 bits per heavy atom. The van der Waals surface area contributed by atoms with Gasteiger partial charge in [-0.15, -0.1) is 0 Å². The number of aliphatic hydroxyl groups is 1. The molecule has 0 saturated carbocycles. The van der Waals surface area contributed by atoms with Crippen molar-refractivity contribution in [2.24, 2.45) is 0 Å². The van der Waals surface area contributed by atoms with Crippen molar-refractivity contribution >= 4 is 11.6 Å². The number of carbonyl (C=O) groups is 1. The summed E-state index contributed by atoms with van der Waals surface area (Å²) >= 11 is 0. The van der Waals surface area contributed by atoms with Crippen LogP contribution in [0, 0.1) is 13.8 Å². The fourth-order valence-corrected chi connectivity index (χ4v) is 2.53. The van der Waals surface area contributed by atoms with Crippen molar-refractivity contribution in [2.75, 3.05) is 11.4 Å². The molecule has 0 saturated heterocycles. The Balaban J connectivity index is 2.47. The standard InChI is InChI=1S/C14H19NO2/c1-9-7-10(2)12-5-4-6-15(13(12)8-9)14(17)11(3)16/h7-8,11,16H,4-6H2,1-3H3. The van der Waals surface area contributed by atoms with Crippen molar-refractivity contribution in [3.8, 4) is 0 Å². The molecule has 3 heteroatoms. The Hall–Kier alpha value is -1.35. The molecule has 92 valence electrons. The molecule has 1 N–H and O–H groups in total. The van der Waals surface area contributed by atoms with E-state index in [0.29, 0.717) is 6.54 Å². The normalized spacial score (nSPS) is 16.6. The van der Waals surface area contributed by atoms with E-state index in [1.54, 1.807) is 4.90 Å². The average Bonchev–Trinajstić information content (AvgIpc) is 2.27. The third-order valence-electron chi connectivity index (χ3n) is 3.32. The van der Waals surface area contributed by atoms with E-state index in [1.807, 2.05) is 13.0 Å². The van der Waals surface area contributed by atoms with Crippen LogP contribution in [0.3, 0.4) is 0 Å². The molecule has 0 fully saturated rings. The first-order chi connectivity index (χ1) is 8.00. The lowest BCUT2D eigenvalue weighted by Gasteiger charge is -2.31. The summed E-state index contributed by atoms with van der Waals surface area (Å²) in [6, 6.07) is 4.19. The summed E-state index contributed by atoms with van der Waals surface area (Å²) in [5.41, 5.74) is 4.63. The first-order valence-electron chi connectivity index (χ1n) is 6.10. The van der Waals surface area contributed by atoms with Crippen molar-refractivity contribution < 1.29 is 9.90 Å². The van der Waals surface area contributed by atoms with Crippen LogP contribution < -0.4 is 4.90 Å². The van der Waals surface area contributed by atoms with Gasteiger partial charge in [0, 0.05) is 12.2 Å². The zero-order valence-corrected chi connectivity index (χ0v) is 10.7. The first-order valence-corrected chi connectivity index (χ1v) is 6.10. The number of amides is 1. The van der Waals surface area contributed by atoms with Crippen LogP contribution in [-0.2, 0) is 11.2 Å². The summed E-state index contributed by atoms with van der Waals surface area (Å²) in [7, 11) is 0. The molecule has 1 aliphatic heterocycles. The zero-order valence-electron chi connectivity index (χ0n) is 10.7. The van der Waals surface area contributed by atoms with E-state index in [9.17, 15) is 9.90 Å². The number of carbonyl (C=O) groups excluding carboxylic acids is 1. The maximum Gasteiger partial charge on any atom is 0.255 e. The number of fused-ring (bicyclic) bond motifs is 1. The molecule has 1 amide bonds. The molecule has 3 nitrogen and oxygen atoms in total. The Morgan fingerprint density at radius 1 is 1.41 bits per heavy atom. The summed E-state index contributed by atoms with van der Waals surface area (Å²) in [6.45, 7) is 6.36. The second-order valence-corrected chi connectivity index (χ2v) is 4.85. The Bertz CT molecular complexity index is 452. The van der Waals surface area contributed by atoms with Crippen molar-refractivity contribution in [1.82, 2.24) is 0 Å². The third kappa shape index (κ3) is 2.20. The monoisotopic (exact) mass is 233 g/mol. The van der Waals surface area contributed by atoms with Crippen LogP contribution in [0.25, 0.3) is 0 Å². The molecule has 0 spiro atoms. The number of benzene rings is 1. The SMILES string of the molecule is Cc1cc(C)c2c(c1)N(C(=O)C(C)O)CCC2. The topological polar surface area (TPSA) is 40.5 Å². The van der Waals surface area contributed by atoms with Gasteiger partial charge in [-0.05, 0) is 56.4 Å². The number of hydrogen-bond acceptors (Lipinski definition) is 2. The van der Waals surface area contributed by atoms with Gasteiger partial charge >= 0.3 is 0 Å². The number of aliphatic hydroxyl groups excluding tert-OH is 1. The quantitative estimate of drug-likeness (QED) is 0.805. The molecule has 0 radical (unpaired) electrons. The van der Waals surface area contributed by atoms with Gasteiger partial charge in [-0.25, -0.2) is 0 Å². The summed E-state index contributed by atoms with van der Waals surface area (Å²) in [5, 5.41) is 9.45. The van der Waals surface area contributed by atoms with E-state index in [-0.39, 0.29) is 5.91 Å². The predicted molar refractivity (Wildman–Crippen MR) is 68.3 cm³/mol. The molecule has 2 rings (SSSR count). The minimum absolute atomic E-state index is 0.198. The Labute approximate surface area is 102 Å². The van der Waals surface area contributed by atoms with Gasteiger partial charge in [-0.1, -0.05) is 6.07 Å². The minimum Gasteiger partial charge on any atom is -0.384 e. The lowest BCUT2D eigenvalue weighted by Crippen LogP contribution is -2.41. The smallest absolute Gasteiger partial charge is 0.255 e. The van der Waals surface area contributed by atoms with Crippen LogP contribution in [0.4, 0.5) is 5.69 Å². The predicted octanol–water partition coefficient (Wildman–Crippen LogP) is 1.96. The Kier molecular flexibility index (Phi) is 3.20. The van der Waals surface area contributed by atoms with Gasteiger partial charge in [0.25, 0.3) is 5.91 Å². The van der Waals surface area contributed by atoms with Gasteiger partial charge in [-0.3, -0.25) is 4.79 Å². The van der Waals surface area contributed by atoms with Gasteiger partial charge in [0.15, 0.2) is 0 Å². The first kappa shape index (κ1) is 12.1. The molecule has 1 aromatic carbocycles. The second kappa shape index (κ2) is 4.49. The molecule has 0 aliphatic carbocycles. The summed E-state index contributed by atoms with van der Waals surface area (Å²) in [6.07, 6.45) is 1.06. The van der Waals surface area contributed by atoms with Crippen molar-refractivity contribution in [3.05, 3.63) is 28.8 Å². The van der Waals surface area contributed by atoms with Crippen LogP contribution in [-0.4, -0.2) is 23.7 Å². The maximum absolute atomic E-state index is 12.0. The molecule has 0 bridgehead atoms. The summed E-state index contributed by atoms with van der Waals surface area (Å²) < 4.78 is 0. The number of nitrogens with zero attached hydrogens (tertiary/aromatic N) is 1. The van der Waals surface area contributed by atoms with E-state index in [1.165, 1.54) is 18.1 Å². The highest BCUT2D eigenvalue weighted by Gasteiger charge is 2.26. The van der Waals surface area contributed by atoms with Gasteiger partial charge in [0.1, 0.15) is 6.10 Å². The van der Waals surface area contributed by atoms with Crippen LogP contribution >= 0.6 is 0 Å². The maximum atomic E-state index is 12.0.